The predicted molar refractivity (Wildman–Crippen MR) is 135 cm³/mol. The van der Waals surface area contributed by atoms with Crippen LogP contribution in [0.1, 0.15) is 22.3 Å². The second kappa shape index (κ2) is 10.00. The van der Waals surface area contributed by atoms with E-state index >= 15 is 0 Å². The van der Waals surface area contributed by atoms with Crippen LogP contribution in [-0.4, -0.2) is 44.7 Å². The topological polar surface area (TPSA) is 83.6 Å². The molecule has 0 spiro atoms. The molecule has 0 aliphatic carbocycles. The van der Waals surface area contributed by atoms with Gasteiger partial charge in [0.1, 0.15) is 0 Å². The molecule has 2 atom stereocenters. The van der Waals surface area contributed by atoms with E-state index in [4.69, 9.17) is 0 Å². The van der Waals surface area contributed by atoms with Crippen LogP contribution < -0.4 is 5.32 Å². The van der Waals surface area contributed by atoms with Gasteiger partial charge in [0, 0.05) is 19.1 Å². The molecule has 1 fully saturated rings. The Bertz CT molecular complexity index is 1340. The lowest BCUT2D eigenvalue weighted by atomic mass is 10.1. The van der Waals surface area contributed by atoms with Crippen LogP contribution in [0.2, 0.25) is 0 Å². The molecule has 1 aliphatic rings. The van der Waals surface area contributed by atoms with Gasteiger partial charge in [-0.05, 0) is 48.2 Å². The van der Waals surface area contributed by atoms with Gasteiger partial charge in [0.15, 0.2) is 9.84 Å². The molecule has 1 aliphatic heterocycles. The van der Waals surface area contributed by atoms with Crippen LogP contribution >= 0.6 is 0 Å². The molecule has 0 unspecified atom stereocenters. The Hall–Kier alpha value is -2.52. The Kier molecular flexibility index (Phi) is 7.23. The molecule has 1 saturated heterocycles. The zero-order valence-corrected chi connectivity index (χ0v) is 21.0. The van der Waals surface area contributed by atoms with Gasteiger partial charge in [-0.15, -0.1) is 0 Å². The number of sulfonamides is 1. The minimum Gasteiger partial charge on any atom is -0.307 e. The number of hydrogen-bond acceptors (Lipinski definition) is 5. The van der Waals surface area contributed by atoms with Crippen LogP contribution in [0.15, 0.2) is 83.8 Å². The fraction of sp³-hybridized carbons (Fsp3) is 0.308. The fourth-order valence-electron chi connectivity index (χ4n) is 4.31. The molecule has 0 aromatic heterocycles. The first-order valence-corrected chi connectivity index (χ1v) is 14.5. The van der Waals surface area contributed by atoms with Crippen molar-refractivity contribution in [2.45, 2.75) is 43.9 Å². The number of sulfone groups is 1. The summed E-state index contributed by atoms with van der Waals surface area (Å²) in [5.41, 5.74) is 3.69. The monoisotopic (exact) mass is 498 g/mol. The van der Waals surface area contributed by atoms with E-state index in [0.29, 0.717) is 6.54 Å². The second-order valence-electron chi connectivity index (χ2n) is 8.90. The van der Waals surface area contributed by atoms with Gasteiger partial charge < -0.3 is 5.32 Å². The third kappa shape index (κ3) is 5.58. The van der Waals surface area contributed by atoms with Crippen LogP contribution in [-0.2, 0) is 33.0 Å². The zero-order valence-electron chi connectivity index (χ0n) is 19.4. The maximum atomic E-state index is 13.9. The van der Waals surface area contributed by atoms with Crippen molar-refractivity contribution in [3.05, 3.63) is 101 Å². The first-order valence-electron chi connectivity index (χ1n) is 11.3. The molecule has 1 heterocycles. The summed E-state index contributed by atoms with van der Waals surface area (Å²) in [6, 6.07) is 22.8. The summed E-state index contributed by atoms with van der Waals surface area (Å²) in [6.45, 7) is 4.36. The van der Waals surface area contributed by atoms with Crippen molar-refractivity contribution >= 4 is 19.9 Å². The molecule has 0 saturated carbocycles. The minimum atomic E-state index is -3.96. The SMILES string of the molecule is Cc1ccc(S(=O)(=O)N(Cc2ccccc2)[C@H]2CS(=O)(=O)C[C@H]2NCc2ccccc2)cc1C. The summed E-state index contributed by atoms with van der Waals surface area (Å²) < 4.78 is 54.7. The average molecular weight is 499 g/mol. The van der Waals surface area contributed by atoms with Crippen molar-refractivity contribution in [1.82, 2.24) is 9.62 Å². The molecule has 6 nitrogen and oxygen atoms in total. The normalized spacial score (nSPS) is 20.0. The Balaban J connectivity index is 1.72. The summed E-state index contributed by atoms with van der Waals surface area (Å²) in [6.07, 6.45) is 0. The predicted octanol–water partition coefficient (Wildman–Crippen LogP) is 3.45. The van der Waals surface area contributed by atoms with Crippen LogP contribution in [0.5, 0.6) is 0 Å². The van der Waals surface area contributed by atoms with E-state index in [2.05, 4.69) is 5.32 Å². The molecule has 3 aromatic rings. The Morgan fingerprint density at radius 3 is 2.09 bits per heavy atom. The van der Waals surface area contributed by atoms with Gasteiger partial charge in [-0.1, -0.05) is 66.7 Å². The van der Waals surface area contributed by atoms with Crippen molar-refractivity contribution in [2.75, 3.05) is 11.5 Å². The molecular weight excluding hydrogens is 468 g/mol. The van der Waals surface area contributed by atoms with Crippen LogP contribution in [0.3, 0.4) is 0 Å². The van der Waals surface area contributed by atoms with E-state index in [0.717, 1.165) is 22.3 Å². The number of nitrogens with zero attached hydrogens (tertiary/aromatic N) is 1. The molecule has 0 bridgehead atoms. The first kappa shape index (κ1) is 24.6. The third-order valence-electron chi connectivity index (χ3n) is 6.37. The molecule has 34 heavy (non-hydrogen) atoms. The van der Waals surface area contributed by atoms with E-state index in [1.165, 1.54) is 4.31 Å². The van der Waals surface area contributed by atoms with Crippen molar-refractivity contribution in [1.29, 1.82) is 0 Å². The zero-order chi connectivity index (χ0) is 24.3. The summed E-state index contributed by atoms with van der Waals surface area (Å²) in [7, 11) is -7.37. The van der Waals surface area contributed by atoms with Crippen molar-refractivity contribution in [3.63, 3.8) is 0 Å². The van der Waals surface area contributed by atoms with Gasteiger partial charge >= 0.3 is 0 Å². The van der Waals surface area contributed by atoms with E-state index < -0.39 is 31.9 Å². The number of nitrogens with one attached hydrogen (secondary N) is 1. The van der Waals surface area contributed by atoms with Gasteiger partial charge in [0.25, 0.3) is 0 Å². The second-order valence-corrected chi connectivity index (χ2v) is 12.9. The smallest absolute Gasteiger partial charge is 0.243 e. The third-order valence-corrected chi connectivity index (χ3v) is 9.95. The van der Waals surface area contributed by atoms with Crippen molar-refractivity contribution in [3.8, 4) is 0 Å². The highest BCUT2D eigenvalue weighted by atomic mass is 32.2. The van der Waals surface area contributed by atoms with Gasteiger partial charge in [-0.25, -0.2) is 16.8 Å². The quantitative estimate of drug-likeness (QED) is 0.514. The van der Waals surface area contributed by atoms with Gasteiger partial charge in [0.2, 0.25) is 10.0 Å². The molecule has 0 radical (unpaired) electrons. The molecule has 8 heteroatoms. The minimum absolute atomic E-state index is 0.0970. The van der Waals surface area contributed by atoms with E-state index in [1.54, 1.807) is 18.2 Å². The maximum absolute atomic E-state index is 13.9. The Morgan fingerprint density at radius 1 is 0.853 bits per heavy atom. The molecule has 4 rings (SSSR count). The van der Waals surface area contributed by atoms with Crippen LogP contribution in [0, 0.1) is 13.8 Å². The molecule has 180 valence electrons. The van der Waals surface area contributed by atoms with Gasteiger partial charge in [-0.2, -0.15) is 4.31 Å². The highest BCUT2D eigenvalue weighted by Crippen LogP contribution is 2.28. The van der Waals surface area contributed by atoms with Gasteiger partial charge in [0.05, 0.1) is 22.4 Å². The van der Waals surface area contributed by atoms with E-state index in [9.17, 15) is 16.8 Å². The van der Waals surface area contributed by atoms with Crippen molar-refractivity contribution < 1.29 is 16.8 Å². The lowest BCUT2D eigenvalue weighted by Gasteiger charge is -2.32. The largest absolute Gasteiger partial charge is 0.307 e. The van der Waals surface area contributed by atoms with E-state index in [-0.39, 0.29) is 22.9 Å². The highest BCUT2D eigenvalue weighted by Gasteiger charge is 2.45. The summed E-state index contributed by atoms with van der Waals surface area (Å²) in [5.74, 6) is -0.311. The average Bonchev–Trinajstić information content (AvgIpc) is 3.13. The summed E-state index contributed by atoms with van der Waals surface area (Å²) in [4.78, 5) is 0.178. The number of benzene rings is 3. The number of rotatable bonds is 8. The molecule has 1 N–H and O–H groups in total. The lowest BCUT2D eigenvalue weighted by Crippen LogP contribution is -2.51. The van der Waals surface area contributed by atoms with Crippen LogP contribution in [0.25, 0.3) is 0 Å². The standard InChI is InChI=1S/C26H30N2O4S2/c1-20-13-14-24(15-21(20)2)34(31,32)28(17-23-11-7-4-8-12-23)26-19-33(29,30)18-25(26)27-16-22-9-5-3-6-10-22/h3-15,25-27H,16-19H2,1-2H3/t25-,26+/m1/s1. The van der Waals surface area contributed by atoms with E-state index in [1.807, 2.05) is 74.5 Å². The lowest BCUT2D eigenvalue weighted by molar-refractivity contribution is 0.286. The Morgan fingerprint density at radius 2 is 1.47 bits per heavy atom. The molecular formula is C26H30N2O4S2. The molecule has 0 amide bonds. The highest BCUT2D eigenvalue weighted by molar-refractivity contribution is 7.92. The molecule has 3 aromatic carbocycles. The van der Waals surface area contributed by atoms with Crippen molar-refractivity contribution in [2.24, 2.45) is 0 Å². The van der Waals surface area contributed by atoms with Crippen LogP contribution in [0.4, 0.5) is 0 Å². The Labute approximate surface area is 202 Å². The maximum Gasteiger partial charge on any atom is 0.243 e. The summed E-state index contributed by atoms with van der Waals surface area (Å²) >= 11 is 0. The first-order chi connectivity index (χ1) is 16.2. The van der Waals surface area contributed by atoms with Gasteiger partial charge in [-0.3, -0.25) is 0 Å². The number of hydrogen-bond donors (Lipinski definition) is 1. The number of aryl methyl sites for hydroxylation is 2. The summed E-state index contributed by atoms with van der Waals surface area (Å²) in [5, 5.41) is 3.33. The fourth-order valence-corrected chi connectivity index (χ4v) is 8.09.